The molecule has 0 bridgehead atoms. The highest BCUT2D eigenvalue weighted by Crippen LogP contribution is 2.23. The minimum absolute atomic E-state index is 0.129. The van der Waals surface area contributed by atoms with Crippen LogP contribution in [-0.4, -0.2) is 34.3 Å². The molecule has 2 aromatic rings. The van der Waals surface area contributed by atoms with E-state index < -0.39 is 5.97 Å². The molecule has 104 valence electrons. The predicted molar refractivity (Wildman–Crippen MR) is 74.5 cm³/mol. The lowest BCUT2D eigenvalue weighted by Gasteiger charge is -2.06. The summed E-state index contributed by atoms with van der Waals surface area (Å²) in [7, 11) is 1.28. The predicted octanol–water partition coefficient (Wildman–Crippen LogP) is 2.83. The number of ether oxygens (including phenoxy) is 2. The Bertz CT molecular complexity index is 622. The molecule has 0 atom stereocenters. The van der Waals surface area contributed by atoms with E-state index in [-0.39, 0.29) is 16.6 Å². The number of pyridine rings is 1. The molecule has 0 saturated carbocycles. The molecule has 2 aromatic heterocycles. The normalized spacial score (nSPS) is 10.2. The average Bonchev–Trinajstić information content (AvgIpc) is 2.46. The van der Waals surface area contributed by atoms with Crippen LogP contribution in [-0.2, 0) is 4.74 Å². The first-order chi connectivity index (χ1) is 9.62. The van der Waals surface area contributed by atoms with Crippen LogP contribution in [0.1, 0.15) is 10.4 Å². The number of hydrogen-bond donors (Lipinski definition) is 0. The first-order valence-electron chi connectivity index (χ1n) is 5.42. The highest BCUT2D eigenvalue weighted by Gasteiger charge is 2.11. The SMILES string of the molecule is COC(=O)c1cc(Cl)nc(Oc2cnc(SC)nc2)c1. The van der Waals surface area contributed by atoms with Crippen molar-refractivity contribution < 1.29 is 14.3 Å². The lowest BCUT2D eigenvalue weighted by atomic mass is 10.3. The Hall–Kier alpha value is -1.86. The first-order valence-corrected chi connectivity index (χ1v) is 7.02. The van der Waals surface area contributed by atoms with Crippen molar-refractivity contribution in [1.29, 1.82) is 0 Å². The molecule has 0 fully saturated rings. The van der Waals surface area contributed by atoms with Crippen molar-refractivity contribution in [2.75, 3.05) is 13.4 Å². The Kier molecular flexibility index (Phi) is 4.75. The molecule has 0 saturated heterocycles. The van der Waals surface area contributed by atoms with Crippen molar-refractivity contribution in [3.8, 4) is 11.6 Å². The lowest BCUT2D eigenvalue weighted by molar-refractivity contribution is 0.0600. The van der Waals surface area contributed by atoms with E-state index >= 15 is 0 Å². The van der Waals surface area contributed by atoms with Gasteiger partial charge in [-0.3, -0.25) is 0 Å². The minimum atomic E-state index is -0.520. The summed E-state index contributed by atoms with van der Waals surface area (Å²) in [5.41, 5.74) is 0.254. The van der Waals surface area contributed by atoms with Crippen molar-refractivity contribution >= 4 is 29.3 Å². The van der Waals surface area contributed by atoms with E-state index in [4.69, 9.17) is 16.3 Å². The first kappa shape index (κ1) is 14.5. The zero-order valence-corrected chi connectivity index (χ0v) is 12.2. The monoisotopic (exact) mass is 311 g/mol. The van der Waals surface area contributed by atoms with Gasteiger partial charge in [-0.15, -0.1) is 0 Å². The third kappa shape index (κ3) is 3.58. The number of methoxy groups -OCH3 is 1. The standard InChI is InChI=1S/C12H10ClN3O3S/c1-18-11(17)7-3-9(13)16-10(4-7)19-8-5-14-12(20-2)15-6-8/h3-6H,1-2H3. The number of halogens is 1. The van der Waals surface area contributed by atoms with Crippen LogP contribution in [0.25, 0.3) is 0 Å². The molecule has 8 heteroatoms. The number of carbonyl (C=O) groups excluding carboxylic acids is 1. The zero-order valence-electron chi connectivity index (χ0n) is 10.7. The molecular weight excluding hydrogens is 302 g/mol. The Morgan fingerprint density at radius 1 is 1.30 bits per heavy atom. The second-order valence-electron chi connectivity index (χ2n) is 3.52. The van der Waals surface area contributed by atoms with E-state index in [9.17, 15) is 4.79 Å². The van der Waals surface area contributed by atoms with E-state index in [0.29, 0.717) is 10.9 Å². The molecule has 20 heavy (non-hydrogen) atoms. The molecule has 0 aromatic carbocycles. The van der Waals surface area contributed by atoms with Gasteiger partial charge in [0.15, 0.2) is 10.9 Å². The number of rotatable bonds is 4. The van der Waals surface area contributed by atoms with E-state index in [1.165, 1.54) is 43.4 Å². The Morgan fingerprint density at radius 3 is 2.60 bits per heavy atom. The van der Waals surface area contributed by atoms with Gasteiger partial charge in [0.2, 0.25) is 5.88 Å². The van der Waals surface area contributed by atoms with Gasteiger partial charge in [-0.1, -0.05) is 23.4 Å². The summed E-state index contributed by atoms with van der Waals surface area (Å²) < 4.78 is 10.1. The smallest absolute Gasteiger partial charge is 0.338 e. The molecule has 0 aliphatic rings. The number of nitrogens with zero attached hydrogens (tertiary/aromatic N) is 3. The summed E-state index contributed by atoms with van der Waals surface area (Å²) in [5, 5.41) is 0.760. The van der Waals surface area contributed by atoms with Crippen molar-refractivity contribution in [3.63, 3.8) is 0 Å². The van der Waals surface area contributed by atoms with Gasteiger partial charge in [-0.2, -0.15) is 0 Å². The van der Waals surface area contributed by atoms with E-state index in [0.717, 1.165) is 0 Å². The molecule has 0 aliphatic carbocycles. The highest BCUT2D eigenvalue weighted by atomic mass is 35.5. The van der Waals surface area contributed by atoms with Crippen LogP contribution in [0.15, 0.2) is 29.7 Å². The van der Waals surface area contributed by atoms with E-state index in [2.05, 4.69) is 19.7 Å². The van der Waals surface area contributed by atoms with Crippen LogP contribution < -0.4 is 4.74 Å². The van der Waals surface area contributed by atoms with Gasteiger partial charge in [0, 0.05) is 6.07 Å². The van der Waals surface area contributed by atoms with Gasteiger partial charge in [-0.05, 0) is 12.3 Å². The fraction of sp³-hybridized carbons (Fsp3) is 0.167. The number of esters is 1. The maximum Gasteiger partial charge on any atom is 0.338 e. The van der Waals surface area contributed by atoms with Crippen LogP contribution in [0, 0.1) is 0 Å². The molecule has 0 unspecified atom stereocenters. The van der Waals surface area contributed by atoms with Gasteiger partial charge >= 0.3 is 5.97 Å². The number of thioether (sulfide) groups is 1. The van der Waals surface area contributed by atoms with Gasteiger partial charge in [0.25, 0.3) is 0 Å². The second kappa shape index (κ2) is 6.53. The largest absolute Gasteiger partial charge is 0.465 e. The summed E-state index contributed by atoms with van der Waals surface area (Å²) >= 11 is 7.25. The minimum Gasteiger partial charge on any atom is -0.465 e. The second-order valence-corrected chi connectivity index (χ2v) is 4.68. The van der Waals surface area contributed by atoms with Crippen LogP contribution in [0.5, 0.6) is 11.6 Å². The van der Waals surface area contributed by atoms with E-state index in [1.54, 1.807) is 0 Å². The van der Waals surface area contributed by atoms with Crippen molar-refractivity contribution in [3.05, 3.63) is 35.2 Å². The Labute approximate surface area is 124 Å². The van der Waals surface area contributed by atoms with Crippen LogP contribution >= 0.6 is 23.4 Å². The van der Waals surface area contributed by atoms with Gasteiger partial charge in [0.05, 0.1) is 25.1 Å². The molecule has 0 radical (unpaired) electrons. The number of aromatic nitrogens is 3. The molecular formula is C12H10ClN3O3S. The molecule has 6 nitrogen and oxygen atoms in total. The molecule has 0 aliphatic heterocycles. The summed E-state index contributed by atoms with van der Waals surface area (Å²) in [5.74, 6) is 0.0416. The topological polar surface area (TPSA) is 74.2 Å². The highest BCUT2D eigenvalue weighted by molar-refractivity contribution is 7.98. The summed E-state index contributed by atoms with van der Waals surface area (Å²) in [6.45, 7) is 0. The van der Waals surface area contributed by atoms with Crippen LogP contribution in [0.2, 0.25) is 5.15 Å². The van der Waals surface area contributed by atoms with Crippen molar-refractivity contribution in [1.82, 2.24) is 15.0 Å². The number of hydrogen-bond acceptors (Lipinski definition) is 7. The Morgan fingerprint density at radius 2 is 2.00 bits per heavy atom. The molecule has 2 heterocycles. The molecule has 0 spiro atoms. The fourth-order valence-electron chi connectivity index (χ4n) is 1.34. The van der Waals surface area contributed by atoms with Crippen LogP contribution in [0.4, 0.5) is 0 Å². The summed E-state index contributed by atoms with van der Waals surface area (Å²) in [4.78, 5) is 23.6. The third-order valence-corrected chi connectivity index (χ3v) is 2.97. The van der Waals surface area contributed by atoms with Gasteiger partial charge in [0.1, 0.15) is 5.15 Å². The maximum absolute atomic E-state index is 11.5. The lowest BCUT2D eigenvalue weighted by Crippen LogP contribution is -2.02. The fourth-order valence-corrected chi connectivity index (χ4v) is 1.86. The van der Waals surface area contributed by atoms with Crippen LogP contribution in [0.3, 0.4) is 0 Å². The molecule has 0 N–H and O–H groups in total. The molecule has 0 amide bonds. The molecule has 2 rings (SSSR count). The number of carbonyl (C=O) groups is 1. The van der Waals surface area contributed by atoms with E-state index in [1.807, 2.05) is 6.26 Å². The quantitative estimate of drug-likeness (QED) is 0.372. The Balaban J connectivity index is 2.23. The summed E-state index contributed by atoms with van der Waals surface area (Å²) in [6, 6.07) is 2.83. The maximum atomic E-state index is 11.5. The van der Waals surface area contributed by atoms with Gasteiger partial charge < -0.3 is 9.47 Å². The summed E-state index contributed by atoms with van der Waals surface area (Å²) in [6.07, 6.45) is 4.90. The zero-order chi connectivity index (χ0) is 14.5. The van der Waals surface area contributed by atoms with Crippen molar-refractivity contribution in [2.24, 2.45) is 0 Å². The third-order valence-electron chi connectivity index (χ3n) is 2.20. The average molecular weight is 312 g/mol. The van der Waals surface area contributed by atoms with Gasteiger partial charge in [-0.25, -0.2) is 19.7 Å². The van der Waals surface area contributed by atoms with Crippen molar-refractivity contribution in [2.45, 2.75) is 5.16 Å².